The van der Waals surface area contributed by atoms with Crippen molar-refractivity contribution in [3.05, 3.63) is 330 Å². The Morgan fingerprint density at radius 1 is 0.263 bits per heavy atom. The van der Waals surface area contributed by atoms with Gasteiger partial charge in [0.25, 0.3) is 0 Å². The van der Waals surface area contributed by atoms with Crippen molar-refractivity contribution in [2.24, 2.45) is 0 Å². The van der Waals surface area contributed by atoms with E-state index in [0.717, 1.165) is 17.1 Å². The van der Waals surface area contributed by atoms with Crippen LogP contribution in [0, 0.1) is 0 Å². The Labute approximate surface area is 446 Å². The molecule has 0 radical (unpaired) electrons. The van der Waals surface area contributed by atoms with Gasteiger partial charge in [0.1, 0.15) is 0 Å². The third-order valence-electron chi connectivity index (χ3n) is 17.0. The number of benzene rings is 12. The van der Waals surface area contributed by atoms with Gasteiger partial charge >= 0.3 is 0 Å². The molecule has 0 fully saturated rings. The van der Waals surface area contributed by atoms with Crippen molar-refractivity contribution in [2.45, 2.75) is 10.8 Å². The van der Waals surface area contributed by atoms with Crippen LogP contribution in [0.2, 0.25) is 0 Å². The molecule has 13 aromatic rings. The lowest BCUT2D eigenvalue weighted by atomic mass is 9.63. The molecule has 1 heterocycles. The number of fused-ring (bicyclic) bond motifs is 16. The van der Waals surface area contributed by atoms with Crippen molar-refractivity contribution < 1.29 is 0 Å². The first-order chi connectivity index (χ1) is 37.7. The van der Waals surface area contributed by atoms with Gasteiger partial charge in [-0.3, -0.25) is 0 Å². The van der Waals surface area contributed by atoms with Gasteiger partial charge in [-0.2, -0.15) is 0 Å². The highest BCUT2D eigenvalue weighted by Gasteiger charge is 2.54. The van der Waals surface area contributed by atoms with E-state index in [9.17, 15) is 0 Å². The fourth-order valence-corrected chi connectivity index (χ4v) is 15.2. The van der Waals surface area contributed by atoms with Gasteiger partial charge in [0, 0.05) is 37.0 Å². The Morgan fingerprint density at radius 3 is 1.28 bits per heavy atom. The summed E-state index contributed by atoms with van der Waals surface area (Å²) < 4.78 is 2.57. The molecule has 1 spiro atoms. The minimum absolute atomic E-state index is 0.518. The zero-order valence-electron chi connectivity index (χ0n) is 41.5. The van der Waals surface area contributed by atoms with Crippen LogP contribution < -0.4 is 4.90 Å². The maximum Gasteiger partial charge on any atom is 0.0746 e. The Morgan fingerprint density at radius 2 is 0.671 bits per heavy atom. The van der Waals surface area contributed by atoms with Crippen LogP contribution in [0.5, 0.6) is 0 Å². The van der Waals surface area contributed by atoms with E-state index in [4.69, 9.17) is 0 Å². The number of rotatable bonds is 7. The van der Waals surface area contributed by atoms with E-state index in [1.54, 1.807) is 0 Å². The first-order valence-electron chi connectivity index (χ1n) is 26.4. The highest BCUT2D eigenvalue weighted by Crippen LogP contribution is 2.67. The van der Waals surface area contributed by atoms with Crippen molar-refractivity contribution in [1.82, 2.24) is 0 Å². The molecule has 0 unspecified atom stereocenters. The quantitative estimate of drug-likeness (QED) is 0.154. The molecule has 0 amide bonds. The Balaban J connectivity index is 1.08. The Hall–Kier alpha value is -9.34. The van der Waals surface area contributed by atoms with E-state index in [1.165, 1.54) is 120 Å². The lowest BCUT2D eigenvalue weighted by Gasteiger charge is -2.40. The van der Waals surface area contributed by atoms with Gasteiger partial charge in [0.2, 0.25) is 0 Å². The van der Waals surface area contributed by atoms with Crippen LogP contribution >= 0.6 is 11.3 Å². The molecule has 16 rings (SSSR count). The Bertz CT molecular complexity index is 4360. The Kier molecular flexibility index (Phi) is 9.40. The van der Waals surface area contributed by atoms with Crippen molar-refractivity contribution >= 4 is 48.6 Å². The fourth-order valence-electron chi connectivity index (χ4n) is 14.2. The highest BCUT2D eigenvalue weighted by atomic mass is 32.1. The molecule has 354 valence electrons. The predicted octanol–water partition coefficient (Wildman–Crippen LogP) is 19.6. The minimum atomic E-state index is -0.820. The summed E-state index contributed by atoms with van der Waals surface area (Å²) in [6.07, 6.45) is 0. The molecule has 1 aromatic heterocycles. The first-order valence-corrected chi connectivity index (χ1v) is 27.2. The van der Waals surface area contributed by atoms with Gasteiger partial charge in [-0.15, -0.1) is 11.3 Å². The van der Waals surface area contributed by atoms with Crippen molar-refractivity contribution in [3.8, 4) is 55.6 Å². The smallest absolute Gasteiger partial charge is 0.0746 e. The van der Waals surface area contributed by atoms with Crippen LogP contribution in [0.4, 0.5) is 17.1 Å². The van der Waals surface area contributed by atoms with Crippen molar-refractivity contribution in [3.63, 3.8) is 0 Å². The number of nitrogens with zero attached hydrogens (tertiary/aromatic N) is 1. The average Bonchev–Trinajstić information content (AvgIpc) is 4.40. The van der Waals surface area contributed by atoms with E-state index in [0.29, 0.717) is 0 Å². The van der Waals surface area contributed by atoms with Gasteiger partial charge in [0.05, 0.1) is 22.2 Å². The zero-order valence-corrected chi connectivity index (χ0v) is 42.3. The van der Waals surface area contributed by atoms with E-state index < -0.39 is 10.8 Å². The molecule has 3 aliphatic rings. The topological polar surface area (TPSA) is 3.24 Å². The number of anilines is 3. The second-order valence-electron chi connectivity index (χ2n) is 20.5. The molecule has 76 heavy (non-hydrogen) atoms. The molecule has 0 N–H and O–H groups in total. The van der Waals surface area contributed by atoms with Crippen LogP contribution in [0.1, 0.15) is 44.5 Å². The summed E-state index contributed by atoms with van der Waals surface area (Å²) >= 11 is 1.87. The standard InChI is InChI=1S/C74H47NS/c1-3-23-48(24-4-1)51-27-7-14-35-60(51)74(61-36-15-8-28-52(61)49-25-5-2-6-26-49)64-39-18-11-31-55(64)57-34-21-43-68(72(57)74)75(50-45-46-70-59(47-50)56-32-13-20-44-69(56)76-70)67-42-22-41-66-71(67)58-33-12-19-40-65(58)73(66)62-37-16-9-29-53(62)54-30-10-17-38-63(54)73/h1-47H. The molecule has 0 saturated heterocycles. The highest BCUT2D eigenvalue weighted by molar-refractivity contribution is 7.25. The molecule has 0 atom stereocenters. The summed E-state index contributed by atoms with van der Waals surface area (Å²) in [5.74, 6) is 0. The van der Waals surface area contributed by atoms with Crippen LogP contribution in [-0.4, -0.2) is 0 Å². The van der Waals surface area contributed by atoms with Gasteiger partial charge in [-0.25, -0.2) is 0 Å². The van der Waals surface area contributed by atoms with E-state index in [-0.39, 0.29) is 0 Å². The largest absolute Gasteiger partial charge is 0.309 e. The van der Waals surface area contributed by atoms with Crippen LogP contribution in [-0.2, 0) is 10.8 Å². The summed E-state index contributed by atoms with van der Waals surface area (Å²) in [6, 6.07) is 108. The predicted molar refractivity (Wildman–Crippen MR) is 318 cm³/mol. The van der Waals surface area contributed by atoms with Crippen LogP contribution in [0.3, 0.4) is 0 Å². The van der Waals surface area contributed by atoms with Gasteiger partial charge in [-0.05, 0) is 125 Å². The van der Waals surface area contributed by atoms with Gasteiger partial charge < -0.3 is 4.90 Å². The lowest BCUT2D eigenvalue weighted by Crippen LogP contribution is -2.32. The number of hydrogen-bond acceptors (Lipinski definition) is 2. The molecule has 12 aromatic carbocycles. The minimum Gasteiger partial charge on any atom is -0.309 e. The molecule has 2 heteroatoms. The van der Waals surface area contributed by atoms with Crippen LogP contribution in [0.15, 0.2) is 285 Å². The molecule has 1 nitrogen and oxygen atoms in total. The molecular weight excluding hydrogens is 935 g/mol. The number of thiophene rings is 1. The molecular formula is C74H47NS. The fraction of sp³-hybridized carbons (Fsp3) is 0.0270. The van der Waals surface area contributed by atoms with E-state index >= 15 is 0 Å². The van der Waals surface area contributed by atoms with E-state index in [1.807, 2.05) is 11.3 Å². The van der Waals surface area contributed by atoms with Gasteiger partial charge in [0.15, 0.2) is 0 Å². The SMILES string of the molecule is c1ccc(-c2ccccc2C2(c3ccccc3-c3ccccc3)c3ccccc3-c3cccc(N(c4ccc5sc6ccccc6c5c4)c4cccc5c4-c4ccccc4C54c5ccccc5-c5ccccc54)c32)cc1. The molecule has 0 aliphatic heterocycles. The molecule has 3 aliphatic carbocycles. The third-order valence-corrected chi connectivity index (χ3v) is 18.1. The summed E-state index contributed by atoms with van der Waals surface area (Å²) in [6.45, 7) is 0. The summed E-state index contributed by atoms with van der Waals surface area (Å²) in [5, 5.41) is 2.54. The zero-order chi connectivity index (χ0) is 50.0. The molecule has 0 saturated carbocycles. The van der Waals surface area contributed by atoms with Crippen LogP contribution in [0.25, 0.3) is 75.8 Å². The first kappa shape index (κ1) is 43.1. The number of hydrogen-bond donors (Lipinski definition) is 0. The lowest BCUT2D eigenvalue weighted by molar-refractivity contribution is 0.772. The maximum absolute atomic E-state index is 2.66. The monoisotopic (exact) mass is 981 g/mol. The maximum atomic E-state index is 2.66. The van der Waals surface area contributed by atoms with E-state index in [2.05, 4.69) is 290 Å². The summed E-state index contributed by atoms with van der Waals surface area (Å²) in [4.78, 5) is 2.66. The van der Waals surface area contributed by atoms with Crippen molar-refractivity contribution in [1.29, 1.82) is 0 Å². The second kappa shape index (κ2) is 16.6. The normalized spacial score (nSPS) is 13.7. The molecule has 0 bridgehead atoms. The summed E-state index contributed by atoms with van der Waals surface area (Å²) in [5.41, 5.74) is 24.7. The third kappa shape index (κ3) is 5.79. The summed E-state index contributed by atoms with van der Waals surface area (Å²) in [7, 11) is 0. The average molecular weight is 982 g/mol. The second-order valence-corrected chi connectivity index (χ2v) is 21.6. The van der Waals surface area contributed by atoms with Gasteiger partial charge in [-0.1, -0.05) is 249 Å². The van der Waals surface area contributed by atoms with Crippen molar-refractivity contribution in [2.75, 3.05) is 4.90 Å².